The second kappa shape index (κ2) is 4.45. The normalized spacial score (nSPS) is 9.57. The minimum atomic E-state index is -0.238. The quantitative estimate of drug-likeness (QED) is 0.746. The van der Waals surface area contributed by atoms with Crippen LogP contribution in [0.5, 0.6) is 0 Å². The number of rotatable bonds is 3. The van der Waals surface area contributed by atoms with Gasteiger partial charge in [0, 0.05) is 19.7 Å². The second-order valence-electron chi connectivity index (χ2n) is 2.92. The summed E-state index contributed by atoms with van der Waals surface area (Å²) in [5.74, 6) is 1.08. The zero-order valence-corrected chi connectivity index (χ0v) is 8.28. The van der Waals surface area contributed by atoms with Gasteiger partial charge in [-0.3, -0.25) is 5.32 Å². The van der Waals surface area contributed by atoms with E-state index in [9.17, 15) is 4.79 Å². The third-order valence-corrected chi connectivity index (χ3v) is 1.61. The maximum Gasteiger partial charge on any atom is 0.323 e. The van der Waals surface area contributed by atoms with Gasteiger partial charge in [0.2, 0.25) is 0 Å². The molecule has 1 N–H and O–H groups in total. The number of nitrogens with one attached hydrogen (secondary N) is 1. The summed E-state index contributed by atoms with van der Waals surface area (Å²) in [4.78, 5) is 12.9. The summed E-state index contributed by atoms with van der Waals surface area (Å²) in [6, 6.07) is 1.41. The van der Waals surface area contributed by atoms with Gasteiger partial charge in [0.15, 0.2) is 5.82 Å². The lowest BCUT2D eigenvalue weighted by Gasteiger charge is -2.13. The van der Waals surface area contributed by atoms with Crippen molar-refractivity contribution in [1.82, 2.24) is 10.1 Å². The molecular weight excluding hydrogens is 182 g/mol. The van der Waals surface area contributed by atoms with E-state index in [1.807, 2.05) is 0 Å². The van der Waals surface area contributed by atoms with E-state index < -0.39 is 0 Å². The van der Waals surface area contributed by atoms with E-state index in [2.05, 4.69) is 17.1 Å². The van der Waals surface area contributed by atoms with Crippen molar-refractivity contribution >= 4 is 11.8 Å². The lowest BCUT2D eigenvalue weighted by Crippen LogP contribution is -2.31. The number of urea groups is 1. The van der Waals surface area contributed by atoms with Gasteiger partial charge in [0.05, 0.1) is 0 Å². The molecule has 0 aliphatic rings. The zero-order valence-electron chi connectivity index (χ0n) is 8.28. The van der Waals surface area contributed by atoms with E-state index in [0.29, 0.717) is 18.1 Å². The Morgan fingerprint density at radius 3 is 3.07 bits per heavy atom. The Morgan fingerprint density at radius 2 is 2.57 bits per heavy atom. The summed E-state index contributed by atoms with van der Waals surface area (Å²) in [5.41, 5.74) is 0. The molecule has 0 aromatic carbocycles. The molecule has 0 fully saturated rings. The first-order chi connectivity index (χ1) is 6.63. The molecule has 0 aliphatic heterocycles. The molecule has 0 bridgehead atoms. The van der Waals surface area contributed by atoms with Gasteiger partial charge in [0.25, 0.3) is 0 Å². The first-order valence-corrected chi connectivity index (χ1v) is 4.20. The molecular formula is C9H13N3O2. The Balaban J connectivity index is 2.52. The third kappa shape index (κ3) is 2.62. The zero-order chi connectivity index (χ0) is 10.6. The highest BCUT2D eigenvalue weighted by Gasteiger charge is 2.08. The Bertz CT molecular complexity index is 333. The lowest BCUT2D eigenvalue weighted by molar-refractivity contribution is 0.226. The monoisotopic (exact) mass is 195 g/mol. The molecule has 76 valence electrons. The summed E-state index contributed by atoms with van der Waals surface area (Å²) in [5, 5.41) is 6.22. The summed E-state index contributed by atoms with van der Waals surface area (Å²) < 4.78 is 4.80. The number of anilines is 1. The average molecular weight is 195 g/mol. The second-order valence-corrected chi connectivity index (χ2v) is 2.92. The maximum absolute atomic E-state index is 11.4. The molecule has 0 spiro atoms. The van der Waals surface area contributed by atoms with E-state index in [1.54, 1.807) is 26.1 Å². The van der Waals surface area contributed by atoms with Crippen LogP contribution in [-0.2, 0) is 0 Å². The van der Waals surface area contributed by atoms with Crippen molar-refractivity contribution in [1.29, 1.82) is 0 Å². The van der Waals surface area contributed by atoms with E-state index in [4.69, 9.17) is 4.52 Å². The van der Waals surface area contributed by atoms with Crippen LogP contribution in [0.25, 0.3) is 0 Å². The van der Waals surface area contributed by atoms with Crippen molar-refractivity contribution in [2.24, 2.45) is 0 Å². The fourth-order valence-corrected chi connectivity index (χ4v) is 0.907. The predicted octanol–water partition coefficient (Wildman–Crippen LogP) is 1.63. The van der Waals surface area contributed by atoms with Crippen molar-refractivity contribution in [2.45, 2.75) is 6.92 Å². The van der Waals surface area contributed by atoms with Crippen LogP contribution in [0, 0.1) is 6.92 Å². The van der Waals surface area contributed by atoms with Crippen molar-refractivity contribution in [3.63, 3.8) is 0 Å². The standard InChI is InChI=1S/C9H13N3O2/c1-4-5-12(3)9(13)10-8-6-7(2)14-11-8/h4,6H,1,5H2,2-3H3,(H,10,11,13). The number of aromatic nitrogens is 1. The summed E-state index contributed by atoms with van der Waals surface area (Å²) in [6.45, 7) is 5.79. The Morgan fingerprint density at radius 1 is 1.86 bits per heavy atom. The average Bonchev–Trinajstić information content (AvgIpc) is 2.51. The van der Waals surface area contributed by atoms with Crippen molar-refractivity contribution in [3.8, 4) is 0 Å². The van der Waals surface area contributed by atoms with Gasteiger partial charge in [-0.25, -0.2) is 4.79 Å². The van der Waals surface area contributed by atoms with E-state index >= 15 is 0 Å². The molecule has 1 aromatic heterocycles. The van der Waals surface area contributed by atoms with E-state index in [1.165, 1.54) is 4.90 Å². The first-order valence-electron chi connectivity index (χ1n) is 4.20. The molecule has 5 heteroatoms. The molecule has 0 saturated carbocycles. The van der Waals surface area contributed by atoms with Crippen LogP contribution in [0.1, 0.15) is 5.76 Å². The summed E-state index contributed by atoms with van der Waals surface area (Å²) in [6.07, 6.45) is 1.65. The molecule has 1 heterocycles. The van der Waals surface area contributed by atoms with Crippen LogP contribution in [0.3, 0.4) is 0 Å². The van der Waals surface area contributed by atoms with Crippen molar-refractivity contribution in [2.75, 3.05) is 18.9 Å². The number of amides is 2. The highest BCUT2D eigenvalue weighted by molar-refractivity contribution is 5.88. The van der Waals surface area contributed by atoms with E-state index in [-0.39, 0.29) is 6.03 Å². The van der Waals surface area contributed by atoms with Gasteiger partial charge >= 0.3 is 6.03 Å². The number of carbonyl (C=O) groups excluding carboxylic acids is 1. The number of hydrogen-bond donors (Lipinski definition) is 1. The fraction of sp³-hybridized carbons (Fsp3) is 0.333. The van der Waals surface area contributed by atoms with Crippen LogP contribution >= 0.6 is 0 Å². The number of aryl methyl sites for hydroxylation is 1. The van der Waals surface area contributed by atoms with Crippen LogP contribution in [0.4, 0.5) is 10.6 Å². The predicted molar refractivity (Wildman–Crippen MR) is 53.1 cm³/mol. The molecule has 2 amide bonds. The smallest absolute Gasteiger partial charge is 0.323 e. The molecule has 14 heavy (non-hydrogen) atoms. The third-order valence-electron chi connectivity index (χ3n) is 1.61. The summed E-state index contributed by atoms with van der Waals surface area (Å²) >= 11 is 0. The molecule has 0 atom stereocenters. The lowest BCUT2D eigenvalue weighted by atomic mass is 10.5. The number of carbonyl (C=O) groups is 1. The highest BCUT2D eigenvalue weighted by Crippen LogP contribution is 2.07. The maximum atomic E-state index is 11.4. The van der Waals surface area contributed by atoms with Gasteiger partial charge in [-0.15, -0.1) is 6.58 Å². The Kier molecular flexibility index (Phi) is 3.28. The minimum absolute atomic E-state index is 0.238. The van der Waals surface area contributed by atoms with Crippen LogP contribution in [0.2, 0.25) is 0 Å². The molecule has 0 saturated heterocycles. The van der Waals surface area contributed by atoms with Gasteiger partial charge in [-0.2, -0.15) is 0 Å². The highest BCUT2D eigenvalue weighted by atomic mass is 16.5. The Labute approximate surface area is 82.4 Å². The van der Waals surface area contributed by atoms with Crippen LogP contribution < -0.4 is 5.32 Å². The van der Waals surface area contributed by atoms with Gasteiger partial charge in [0.1, 0.15) is 5.76 Å². The molecule has 5 nitrogen and oxygen atoms in total. The Hall–Kier alpha value is -1.78. The molecule has 0 aliphatic carbocycles. The molecule has 1 rings (SSSR count). The molecule has 0 unspecified atom stereocenters. The van der Waals surface area contributed by atoms with Gasteiger partial charge in [-0.1, -0.05) is 11.2 Å². The fourth-order valence-electron chi connectivity index (χ4n) is 0.907. The van der Waals surface area contributed by atoms with Gasteiger partial charge < -0.3 is 9.42 Å². The number of likely N-dealkylation sites (N-methyl/N-ethyl adjacent to an activating group) is 1. The van der Waals surface area contributed by atoms with Crippen molar-refractivity contribution in [3.05, 3.63) is 24.5 Å². The van der Waals surface area contributed by atoms with Gasteiger partial charge in [-0.05, 0) is 6.92 Å². The number of hydrogen-bond acceptors (Lipinski definition) is 3. The summed E-state index contributed by atoms with van der Waals surface area (Å²) in [7, 11) is 1.67. The number of nitrogens with zero attached hydrogens (tertiary/aromatic N) is 2. The largest absolute Gasteiger partial charge is 0.360 e. The minimum Gasteiger partial charge on any atom is -0.360 e. The topological polar surface area (TPSA) is 58.4 Å². The molecule has 1 aromatic rings. The van der Waals surface area contributed by atoms with E-state index in [0.717, 1.165) is 0 Å². The first kappa shape index (κ1) is 10.3. The van der Waals surface area contributed by atoms with Crippen LogP contribution in [-0.4, -0.2) is 29.7 Å². The van der Waals surface area contributed by atoms with Crippen LogP contribution in [0.15, 0.2) is 23.2 Å². The molecule has 0 radical (unpaired) electrons. The SMILES string of the molecule is C=CCN(C)C(=O)Nc1cc(C)on1. The van der Waals surface area contributed by atoms with Crippen molar-refractivity contribution < 1.29 is 9.32 Å².